The number of nitrogens with zero attached hydrogens (tertiary/aromatic N) is 2. The van der Waals surface area contributed by atoms with E-state index in [0.29, 0.717) is 5.92 Å². The lowest BCUT2D eigenvalue weighted by Gasteiger charge is -2.16. The summed E-state index contributed by atoms with van der Waals surface area (Å²) in [6, 6.07) is -0.110. The lowest BCUT2D eigenvalue weighted by molar-refractivity contribution is -0.127. The Morgan fingerprint density at radius 3 is 2.64 bits per heavy atom. The van der Waals surface area contributed by atoms with Gasteiger partial charge in [-0.15, -0.1) is 0 Å². The Hall–Kier alpha value is -0.860. The molecule has 0 saturated heterocycles. The fourth-order valence-corrected chi connectivity index (χ4v) is 1.79. The number of aliphatic imine (C=N–C) groups is 1. The van der Waals surface area contributed by atoms with Crippen molar-refractivity contribution in [1.29, 1.82) is 0 Å². The van der Waals surface area contributed by atoms with Crippen LogP contribution in [0.4, 0.5) is 0 Å². The molecule has 0 fully saturated rings. The topological polar surface area (TPSA) is 32.7 Å². The maximum atomic E-state index is 11.9. The SMILES string of the molecule is CCCN1C(=O)C(CC(C)C)N=C1C. The highest BCUT2D eigenvalue weighted by molar-refractivity contribution is 6.04. The van der Waals surface area contributed by atoms with Gasteiger partial charge in [-0.3, -0.25) is 14.7 Å². The van der Waals surface area contributed by atoms with Gasteiger partial charge >= 0.3 is 0 Å². The van der Waals surface area contributed by atoms with Crippen molar-refractivity contribution in [2.45, 2.75) is 46.6 Å². The van der Waals surface area contributed by atoms with Crippen LogP contribution in [-0.4, -0.2) is 29.2 Å². The number of rotatable bonds is 4. The molecule has 1 amide bonds. The van der Waals surface area contributed by atoms with Crippen LogP contribution in [-0.2, 0) is 4.79 Å². The largest absolute Gasteiger partial charge is 0.299 e. The third-order valence-electron chi connectivity index (χ3n) is 2.43. The maximum absolute atomic E-state index is 11.9. The highest BCUT2D eigenvalue weighted by Gasteiger charge is 2.31. The highest BCUT2D eigenvalue weighted by Crippen LogP contribution is 2.18. The van der Waals surface area contributed by atoms with Gasteiger partial charge in [0.1, 0.15) is 11.9 Å². The van der Waals surface area contributed by atoms with Gasteiger partial charge in [-0.05, 0) is 25.7 Å². The molecule has 0 saturated carbocycles. The lowest BCUT2D eigenvalue weighted by Crippen LogP contribution is -2.35. The molecule has 0 spiro atoms. The summed E-state index contributed by atoms with van der Waals surface area (Å²) in [6.07, 6.45) is 1.86. The Bertz CT molecular complexity index is 246. The van der Waals surface area contributed by atoms with Gasteiger partial charge in [0.05, 0.1) is 0 Å². The van der Waals surface area contributed by atoms with Crippen LogP contribution in [0.5, 0.6) is 0 Å². The van der Waals surface area contributed by atoms with Crippen LogP contribution < -0.4 is 0 Å². The molecule has 0 N–H and O–H groups in total. The van der Waals surface area contributed by atoms with E-state index in [1.807, 2.05) is 11.8 Å². The summed E-state index contributed by atoms with van der Waals surface area (Å²) in [6.45, 7) is 9.06. The van der Waals surface area contributed by atoms with Gasteiger partial charge in [0.15, 0.2) is 0 Å². The molecular weight excluding hydrogens is 176 g/mol. The van der Waals surface area contributed by atoms with Gasteiger partial charge in [-0.1, -0.05) is 20.8 Å². The van der Waals surface area contributed by atoms with Gasteiger partial charge < -0.3 is 0 Å². The summed E-state index contributed by atoms with van der Waals surface area (Å²) in [5.74, 6) is 1.61. The molecule has 3 heteroatoms. The number of carbonyl (C=O) groups is 1. The van der Waals surface area contributed by atoms with Crippen molar-refractivity contribution < 1.29 is 4.79 Å². The Morgan fingerprint density at radius 2 is 2.14 bits per heavy atom. The second-order valence-corrected chi connectivity index (χ2v) is 4.31. The van der Waals surface area contributed by atoms with Gasteiger partial charge in [-0.2, -0.15) is 0 Å². The molecule has 0 aromatic carbocycles. The van der Waals surface area contributed by atoms with Gasteiger partial charge in [-0.25, -0.2) is 0 Å². The number of hydrogen-bond donors (Lipinski definition) is 0. The van der Waals surface area contributed by atoms with Crippen molar-refractivity contribution in [3.63, 3.8) is 0 Å². The smallest absolute Gasteiger partial charge is 0.252 e. The predicted molar refractivity (Wildman–Crippen MR) is 58.4 cm³/mol. The Morgan fingerprint density at radius 1 is 1.50 bits per heavy atom. The summed E-state index contributed by atoms with van der Waals surface area (Å²) >= 11 is 0. The predicted octanol–water partition coefficient (Wildman–Crippen LogP) is 2.07. The summed E-state index contributed by atoms with van der Waals surface area (Å²) in [5.41, 5.74) is 0. The van der Waals surface area contributed by atoms with E-state index in [1.54, 1.807) is 0 Å². The normalized spacial score (nSPS) is 22.1. The molecule has 1 aliphatic heterocycles. The summed E-state index contributed by atoms with van der Waals surface area (Å²) < 4.78 is 0. The van der Waals surface area contributed by atoms with Crippen LogP contribution in [0.3, 0.4) is 0 Å². The van der Waals surface area contributed by atoms with Crippen molar-refractivity contribution in [1.82, 2.24) is 4.90 Å². The molecule has 14 heavy (non-hydrogen) atoms. The van der Waals surface area contributed by atoms with Crippen LogP contribution >= 0.6 is 0 Å². The second-order valence-electron chi connectivity index (χ2n) is 4.31. The third kappa shape index (κ3) is 2.34. The molecule has 1 heterocycles. The maximum Gasteiger partial charge on any atom is 0.252 e. The van der Waals surface area contributed by atoms with Crippen molar-refractivity contribution in [2.24, 2.45) is 10.9 Å². The minimum atomic E-state index is -0.110. The minimum absolute atomic E-state index is 0.110. The fourth-order valence-electron chi connectivity index (χ4n) is 1.79. The molecule has 1 aliphatic rings. The van der Waals surface area contributed by atoms with E-state index in [9.17, 15) is 4.79 Å². The lowest BCUT2D eigenvalue weighted by atomic mass is 10.0. The van der Waals surface area contributed by atoms with E-state index in [1.165, 1.54) is 0 Å². The average Bonchev–Trinajstić information content (AvgIpc) is 2.32. The second kappa shape index (κ2) is 4.58. The standard InChI is InChI=1S/C11H20N2O/c1-5-6-13-9(4)12-10(11(13)14)7-8(2)3/h8,10H,5-7H2,1-4H3. The van der Waals surface area contributed by atoms with E-state index >= 15 is 0 Å². The first-order chi connectivity index (χ1) is 6.56. The van der Waals surface area contributed by atoms with E-state index in [4.69, 9.17) is 0 Å². The highest BCUT2D eigenvalue weighted by atomic mass is 16.2. The zero-order valence-electron chi connectivity index (χ0n) is 9.58. The molecule has 0 aromatic heterocycles. The third-order valence-corrected chi connectivity index (χ3v) is 2.43. The molecule has 0 radical (unpaired) electrons. The van der Waals surface area contributed by atoms with E-state index in [2.05, 4.69) is 25.8 Å². The van der Waals surface area contributed by atoms with E-state index in [0.717, 1.165) is 25.2 Å². The molecule has 1 atom stereocenters. The molecule has 0 aliphatic carbocycles. The minimum Gasteiger partial charge on any atom is -0.299 e. The number of amidine groups is 1. The molecule has 3 nitrogen and oxygen atoms in total. The molecule has 1 unspecified atom stereocenters. The van der Waals surface area contributed by atoms with Crippen molar-refractivity contribution in [2.75, 3.05) is 6.54 Å². The molecule has 0 aromatic rings. The Balaban J connectivity index is 2.63. The number of hydrogen-bond acceptors (Lipinski definition) is 2. The van der Waals surface area contributed by atoms with Crippen LogP contribution in [0.15, 0.2) is 4.99 Å². The van der Waals surface area contributed by atoms with Gasteiger partial charge in [0.25, 0.3) is 5.91 Å². The van der Waals surface area contributed by atoms with Crippen LogP contribution in [0.1, 0.15) is 40.5 Å². The van der Waals surface area contributed by atoms with E-state index in [-0.39, 0.29) is 11.9 Å². The van der Waals surface area contributed by atoms with Crippen molar-refractivity contribution >= 4 is 11.7 Å². The molecule has 0 bridgehead atoms. The first-order valence-corrected chi connectivity index (χ1v) is 5.42. The fraction of sp³-hybridized carbons (Fsp3) is 0.818. The molecule has 1 rings (SSSR count). The summed E-state index contributed by atoms with van der Waals surface area (Å²) in [5, 5.41) is 0. The number of amides is 1. The Labute approximate surface area is 86.2 Å². The average molecular weight is 196 g/mol. The van der Waals surface area contributed by atoms with Crippen LogP contribution in [0.25, 0.3) is 0 Å². The quantitative estimate of drug-likeness (QED) is 0.677. The summed E-state index contributed by atoms with van der Waals surface area (Å²) in [4.78, 5) is 18.1. The molecule has 80 valence electrons. The number of carbonyl (C=O) groups excluding carboxylic acids is 1. The zero-order chi connectivity index (χ0) is 10.7. The van der Waals surface area contributed by atoms with Crippen LogP contribution in [0.2, 0.25) is 0 Å². The van der Waals surface area contributed by atoms with E-state index < -0.39 is 0 Å². The Kier molecular flexibility index (Phi) is 3.67. The van der Waals surface area contributed by atoms with Crippen molar-refractivity contribution in [3.05, 3.63) is 0 Å². The first-order valence-electron chi connectivity index (χ1n) is 5.42. The zero-order valence-corrected chi connectivity index (χ0v) is 9.58. The first kappa shape index (κ1) is 11.2. The monoisotopic (exact) mass is 196 g/mol. The van der Waals surface area contributed by atoms with Crippen LogP contribution in [0, 0.1) is 5.92 Å². The van der Waals surface area contributed by atoms with Gasteiger partial charge in [0, 0.05) is 6.54 Å². The summed E-state index contributed by atoms with van der Waals surface area (Å²) in [7, 11) is 0. The van der Waals surface area contributed by atoms with Crippen molar-refractivity contribution in [3.8, 4) is 0 Å². The van der Waals surface area contributed by atoms with Gasteiger partial charge in [0.2, 0.25) is 0 Å². The molecular formula is C11H20N2O.